The average molecular weight is 280 g/mol. The molecule has 7 nitrogen and oxygen atoms in total. The number of morpholine rings is 1. The highest BCUT2D eigenvalue weighted by Gasteiger charge is 2.41. The Bertz CT molecular complexity index is 494. The van der Waals surface area contributed by atoms with Gasteiger partial charge in [-0.2, -0.15) is 4.98 Å². The molecule has 1 aromatic rings. The summed E-state index contributed by atoms with van der Waals surface area (Å²) in [6.07, 6.45) is 1.86. The summed E-state index contributed by atoms with van der Waals surface area (Å²) >= 11 is 0. The number of aryl methyl sites for hydroxylation is 1. The number of likely N-dealkylation sites (N-methyl/N-ethyl adjacent to an activating group) is 1. The van der Waals surface area contributed by atoms with Crippen molar-refractivity contribution in [2.75, 3.05) is 33.3 Å². The highest BCUT2D eigenvalue weighted by Crippen LogP contribution is 2.30. The first-order valence-electron chi connectivity index (χ1n) is 6.96. The molecule has 0 unspecified atom stereocenters. The maximum Gasteiger partial charge on any atom is 0.248 e. The van der Waals surface area contributed by atoms with E-state index in [9.17, 15) is 4.79 Å². The molecule has 1 aromatic heterocycles. The third kappa shape index (κ3) is 2.69. The molecule has 2 fully saturated rings. The molecule has 2 aliphatic heterocycles. The fraction of sp³-hybridized carbons (Fsp3) is 0.769. The van der Waals surface area contributed by atoms with Gasteiger partial charge in [-0.3, -0.25) is 9.69 Å². The number of likely N-dealkylation sites (tertiary alicyclic amines) is 1. The monoisotopic (exact) mass is 280 g/mol. The topological polar surface area (TPSA) is 71.7 Å². The number of rotatable bonds is 2. The van der Waals surface area contributed by atoms with Crippen molar-refractivity contribution < 1.29 is 14.1 Å². The van der Waals surface area contributed by atoms with E-state index in [1.807, 2.05) is 14.0 Å². The molecule has 1 spiro atoms. The van der Waals surface area contributed by atoms with Crippen LogP contribution in [0.2, 0.25) is 0 Å². The van der Waals surface area contributed by atoms with E-state index in [0.29, 0.717) is 24.8 Å². The summed E-state index contributed by atoms with van der Waals surface area (Å²) in [5.41, 5.74) is -0.163. The van der Waals surface area contributed by atoms with Gasteiger partial charge in [-0.05, 0) is 19.8 Å². The number of hydrogen-bond donors (Lipinski definition) is 0. The summed E-state index contributed by atoms with van der Waals surface area (Å²) in [5, 5.41) is 3.80. The molecule has 3 rings (SSSR count). The summed E-state index contributed by atoms with van der Waals surface area (Å²) in [7, 11) is 1.85. The van der Waals surface area contributed by atoms with Crippen LogP contribution >= 0.6 is 0 Å². The second kappa shape index (κ2) is 5.14. The van der Waals surface area contributed by atoms with Crippen LogP contribution in [0.15, 0.2) is 4.52 Å². The third-order valence-corrected chi connectivity index (χ3v) is 4.15. The normalized spacial score (nSPS) is 23.5. The van der Waals surface area contributed by atoms with Crippen molar-refractivity contribution in [3.63, 3.8) is 0 Å². The van der Waals surface area contributed by atoms with Gasteiger partial charge in [-0.25, -0.2) is 0 Å². The fourth-order valence-electron chi connectivity index (χ4n) is 2.91. The van der Waals surface area contributed by atoms with Crippen LogP contribution in [-0.4, -0.2) is 64.7 Å². The lowest BCUT2D eigenvalue weighted by molar-refractivity contribution is -0.169. The van der Waals surface area contributed by atoms with Gasteiger partial charge in [0.1, 0.15) is 6.61 Å². The predicted octanol–water partition coefficient (Wildman–Crippen LogP) is 0.201. The van der Waals surface area contributed by atoms with Crippen LogP contribution in [0.5, 0.6) is 0 Å². The van der Waals surface area contributed by atoms with Crippen molar-refractivity contribution in [3.05, 3.63) is 11.7 Å². The van der Waals surface area contributed by atoms with Gasteiger partial charge in [0, 0.05) is 26.7 Å². The second-order valence-corrected chi connectivity index (χ2v) is 5.73. The first-order chi connectivity index (χ1) is 9.56. The van der Waals surface area contributed by atoms with Crippen LogP contribution in [0.1, 0.15) is 24.6 Å². The number of nitrogens with zero attached hydrogens (tertiary/aromatic N) is 4. The third-order valence-electron chi connectivity index (χ3n) is 4.15. The lowest BCUT2D eigenvalue weighted by atomic mass is 9.89. The molecular formula is C13H20N4O3. The van der Waals surface area contributed by atoms with E-state index in [2.05, 4.69) is 15.0 Å². The van der Waals surface area contributed by atoms with Crippen LogP contribution in [0, 0.1) is 6.92 Å². The Morgan fingerprint density at radius 3 is 2.70 bits per heavy atom. The van der Waals surface area contributed by atoms with Gasteiger partial charge >= 0.3 is 0 Å². The maximum atomic E-state index is 11.5. The smallest absolute Gasteiger partial charge is 0.248 e. The number of carbonyl (C=O) groups is 1. The Morgan fingerprint density at radius 2 is 2.10 bits per heavy atom. The molecule has 1 amide bonds. The van der Waals surface area contributed by atoms with Crippen LogP contribution in [0.4, 0.5) is 0 Å². The van der Waals surface area contributed by atoms with Gasteiger partial charge in [-0.15, -0.1) is 0 Å². The number of piperidine rings is 1. The van der Waals surface area contributed by atoms with E-state index in [4.69, 9.17) is 9.26 Å². The van der Waals surface area contributed by atoms with Crippen molar-refractivity contribution in [2.24, 2.45) is 0 Å². The predicted molar refractivity (Wildman–Crippen MR) is 69.9 cm³/mol. The molecule has 110 valence electrons. The van der Waals surface area contributed by atoms with Crippen molar-refractivity contribution in [3.8, 4) is 0 Å². The Hall–Kier alpha value is -1.47. The van der Waals surface area contributed by atoms with Gasteiger partial charge in [0.25, 0.3) is 0 Å². The first-order valence-corrected chi connectivity index (χ1v) is 6.96. The van der Waals surface area contributed by atoms with Crippen LogP contribution < -0.4 is 0 Å². The summed E-state index contributed by atoms with van der Waals surface area (Å²) in [5.74, 6) is 1.40. The minimum Gasteiger partial charge on any atom is -0.363 e. The Kier molecular flexibility index (Phi) is 3.47. The van der Waals surface area contributed by atoms with E-state index in [0.717, 1.165) is 25.9 Å². The van der Waals surface area contributed by atoms with Gasteiger partial charge in [0.05, 0.1) is 12.1 Å². The molecule has 2 aliphatic rings. The standard InChI is InChI=1S/C13H20N4O3/c1-10-14-11(20-15-10)7-17-5-3-13(4-6-17)9-16(2)12(18)8-19-13/h3-9H2,1-2H3. The number of carbonyl (C=O) groups excluding carboxylic acids is 1. The molecule has 7 heteroatoms. The average Bonchev–Trinajstić information content (AvgIpc) is 2.83. The molecule has 0 radical (unpaired) electrons. The Balaban J connectivity index is 1.55. The summed E-state index contributed by atoms with van der Waals surface area (Å²) < 4.78 is 11.0. The minimum absolute atomic E-state index is 0.0689. The summed E-state index contributed by atoms with van der Waals surface area (Å²) in [4.78, 5) is 19.8. The van der Waals surface area contributed by atoms with Crippen LogP contribution in [-0.2, 0) is 16.1 Å². The summed E-state index contributed by atoms with van der Waals surface area (Å²) in [6, 6.07) is 0. The zero-order valence-corrected chi connectivity index (χ0v) is 12.0. The number of ether oxygens (including phenoxy) is 1. The van der Waals surface area contributed by atoms with E-state index < -0.39 is 0 Å². The van der Waals surface area contributed by atoms with Crippen LogP contribution in [0.3, 0.4) is 0 Å². The molecule has 3 heterocycles. The highest BCUT2D eigenvalue weighted by molar-refractivity contribution is 5.78. The molecular weight excluding hydrogens is 260 g/mol. The van der Waals surface area contributed by atoms with E-state index in [1.54, 1.807) is 4.90 Å². The number of amides is 1. The zero-order chi connectivity index (χ0) is 14.2. The van der Waals surface area contributed by atoms with Crippen molar-refractivity contribution >= 4 is 5.91 Å². The molecule has 2 saturated heterocycles. The molecule has 0 atom stereocenters. The van der Waals surface area contributed by atoms with Crippen molar-refractivity contribution in [1.82, 2.24) is 19.9 Å². The van der Waals surface area contributed by atoms with Crippen molar-refractivity contribution in [1.29, 1.82) is 0 Å². The minimum atomic E-state index is -0.163. The first kappa shape index (κ1) is 13.5. The second-order valence-electron chi connectivity index (χ2n) is 5.73. The zero-order valence-electron chi connectivity index (χ0n) is 12.0. The Morgan fingerprint density at radius 1 is 1.35 bits per heavy atom. The lowest BCUT2D eigenvalue weighted by Gasteiger charge is -2.45. The van der Waals surface area contributed by atoms with E-state index in [-0.39, 0.29) is 18.1 Å². The molecule has 0 aliphatic carbocycles. The SMILES string of the molecule is Cc1noc(CN2CCC3(CC2)CN(C)C(=O)CO3)n1. The van der Waals surface area contributed by atoms with Gasteiger partial charge in [0.15, 0.2) is 5.82 Å². The highest BCUT2D eigenvalue weighted by atomic mass is 16.5. The molecule has 0 bridgehead atoms. The number of aromatic nitrogens is 2. The molecule has 0 saturated carbocycles. The quantitative estimate of drug-likeness (QED) is 0.770. The largest absolute Gasteiger partial charge is 0.363 e. The Labute approximate surface area is 117 Å². The maximum absolute atomic E-state index is 11.5. The number of hydrogen-bond acceptors (Lipinski definition) is 6. The summed E-state index contributed by atoms with van der Waals surface area (Å²) in [6.45, 7) is 5.25. The lowest BCUT2D eigenvalue weighted by Crippen LogP contribution is -2.57. The van der Waals surface area contributed by atoms with Gasteiger partial charge < -0.3 is 14.2 Å². The van der Waals surface area contributed by atoms with E-state index in [1.165, 1.54) is 0 Å². The molecule has 20 heavy (non-hydrogen) atoms. The fourth-order valence-corrected chi connectivity index (χ4v) is 2.91. The van der Waals surface area contributed by atoms with E-state index >= 15 is 0 Å². The molecule has 0 aromatic carbocycles. The van der Waals surface area contributed by atoms with Gasteiger partial charge in [-0.1, -0.05) is 5.16 Å². The van der Waals surface area contributed by atoms with Crippen molar-refractivity contribution in [2.45, 2.75) is 31.9 Å². The molecule has 0 N–H and O–H groups in total. The van der Waals surface area contributed by atoms with Crippen LogP contribution in [0.25, 0.3) is 0 Å². The van der Waals surface area contributed by atoms with Gasteiger partial charge in [0.2, 0.25) is 11.8 Å².